The average molecular weight is 372 g/mol. The smallest absolute Gasteiger partial charge is 0.321 e. The Morgan fingerprint density at radius 3 is 2.48 bits per heavy atom. The minimum atomic E-state index is -4.28. The number of carbonyl (C=O) groups excluding carboxylic acids is 2. The molecule has 1 aromatic rings. The van der Waals surface area contributed by atoms with Gasteiger partial charge in [-0.15, -0.1) is 0 Å². The summed E-state index contributed by atoms with van der Waals surface area (Å²) in [6, 6.07) is 2.87. The maximum absolute atomic E-state index is 12.2. The summed E-state index contributed by atoms with van der Waals surface area (Å²) >= 11 is 0. The van der Waals surface area contributed by atoms with Crippen molar-refractivity contribution in [3.8, 4) is 0 Å². The van der Waals surface area contributed by atoms with Crippen molar-refractivity contribution < 1.29 is 27.7 Å². The highest BCUT2D eigenvalue weighted by Gasteiger charge is 2.30. The largest absolute Gasteiger partial charge is 0.465 e. The lowest BCUT2D eigenvalue weighted by Crippen LogP contribution is -2.32. The van der Waals surface area contributed by atoms with Crippen LogP contribution in [0.15, 0.2) is 23.1 Å². The SMILES string of the molecule is CCOC(=O)CS(=O)(=O)c1ccc(C(=O)NC(C)CC)cc1[N+](=O)[O-]. The molecule has 138 valence electrons. The normalized spacial score (nSPS) is 12.3. The van der Waals surface area contributed by atoms with Gasteiger partial charge in [-0.05, 0) is 32.4 Å². The molecule has 0 spiro atoms. The fraction of sp³-hybridized carbons (Fsp3) is 0.467. The Morgan fingerprint density at radius 1 is 1.32 bits per heavy atom. The Labute approximate surface area is 145 Å². The molecule has 0 aromatic heterocycles. The van der Waals surface area contributed by atoms with Gasteiger partial charge in [0.15, 0.2) is 15.6 Å². The van der Waals surface area contributed by atoms with Crippen molar-refractivity contribution in [1.82, 2.24) is 5.32 Å². The van der Waals surface area contributed by atoms with Crippen molar-refractivity contribution in [3.63, 3.8) is 0 Å². The van der Waals surface area contributed by atoms with Gasteiger partial charge in [-0.1, -0.05) is 6.92 Å². The van der Waals surface area contributed by atoms with Crippen molar-refractivity contribution in [2.75, 3.05) is 12.4 Å². The van der Waals surface area contributed by atoms with Gasteiger partial charge in [-0.3, -0.25) is 19.7 Å². The molecule has 1 rings (SSSR count). The van der Waals surface area contributed by atoms with Crippen molar-refractivity contribution >= 4 is 27.4 Å². The van der Waals surface area contributed by atoms with Crippen LogP contribution in [0.5, 0.6) is 0 Å². The Bertz CT molecular complexity index is 774. The van der Waals surface area contributed by atoms with Crippen molar-refractivity contribution in [2.45, 2.75) is 38.1 Å². The molecular formula is C15H20N2O7S. The van der Waals surface area contributed by atoms with E-state index in [0.29, 0.717) is 6.42 Å². The zero-order valence-corrected chi connectivity index (χ0v) is 15.0. The number of amides is 1. The number of rotatable bonds is 8. The van der Waals surface area contributed by atoms with Crippen LogP contribution in [-0.2, 0) is 19.4 Å². The van der Waals surface area contributed by atoms with E-state index in [0.717, 1.165) is 12.1 Å². The number of esters is 1. The van der Waals surface area contributed by atoms with Crippen LogP contribution < -0.4 is 5.32 Å². The van der Waals surface area contributed by atoms with Gasteiger partial charge in [0.1, 0.15) is 4.90 Å². The topological polar surface area (TPSA) is 133 Å². The molecule has 0 aliphatic rings. The van der Waals surface area contributed by atoms with E-state index in [1.165, 1.54) is 13.0 Å². The van der Waals surface area contributed by atoms with Gasteiger partial charge in [0.05, 0.1) is 11.5 Å². The number of ether oxygens (including phenoxy) is 1. The molecule has 9 nitrogen and oxygen atoms in total. The van der Waals surface area contributed by atoms with E-state index in [4.69, 9.17) is 0 Å². The number of nitro groups is 1. The summed E-state index contributed by atoms with van der Waals surface area (Å²) in [7, 11) is -4.28. The fourth-order valence-corrected chi connectivity index (χ4v) is 3.19. The first-order chi connectivity index (χ1) is 11.6. The number of hydrogen-bond acceptors (Lipinski definition) is 7. The minimum absolute atomic E-state index is 0.00876. The molecule has 10 heteroatoms. The van der Waals surface area contributed by atoms with E-state index in [2.05, 4.69) is 10.1 Å². The lowest BCUT2D eigenvalue weighted by molar-refractivity contribution is -0.387. The molecule has 0 saturated carbocycles. The van der Waals surface area contributed by atoms with Gasteiger partial charge in [0.25, 0.3) is 11.6 Å². The lowest BCUT2D eigenvalue weighted by atomic mass is 10.1. The molecule has 1 N–H and O–H groups in total. The number of sulfone groups is 1. The highest BCUT2D eigenvalue weighted by molar-refractivity contribution is 7.92. The second-order valence-corrected chi connectivity index (χ2v) is 7.24. The molecule has 0 radical (unpaired) electrons. The van der Waals surface area contributed by atoms with E-state index >= 15 is 0 Å². The number of nitrogens with zero attached hydrogens (tertiary/aromatic N) is 1. The lowest BCUT2D eigenvalue weighted by Gasteiger charge is -2.12. The molecule has 0 fully saturated rings. The van der Waals surface area contributed by atoms with Gasteiger partial charge in [0, 0.05) is 17.7 Å². The molecule has 25 heavy (non-hydrogen) atoms. The van der Waals surface area contributed by atoms with E-state index in [1.54, 1.807) is 6.92 Å². The molecule has 1 amide bonds. The van der Waals surface area contributed by atoms with Crippen LogP contribution in [0.3, 0.4) is 0 Å². The van der Waals surface area contributed by atoms with Crippen LogP contribution in [0.4, 0.5) is 5.69 Å². The predicted octanol–water partition coefficient (Wildman–Crippen LogP) is 1.46. The molecule has 0 saturated heterocycles. The number of carbonyl (C=O) groups is 2. The Hall–Kier alpha value is -2.49. The van der Waals surface area contributed by atoms with Gasteiger partial charge >= 0.3 is 5.97 Å². The molecule has 1 unspecified atom stereocenters. The third-order valence-electron chi connectivity index (χ3n) is 3.36. The fourth-order valence-electron chi connectivity index (χ4n) is 1.91. The van der Waals surface area contributed by atoms with Gasteiger partial charge < -0.3 is 10.1 Å². The van der Waals surface area contributed by atoms with E-state index in [-0.39, 0.29) is 18.2 Å². The summed E-state index contributed by atoms with van der Waals surface area (Å²) < 4.78 is 29.0. The van der Waals surface area contributed by atoms with Crippen molar-refractivity contribution in [3.05, 3.63) is 33.9 Å². The Morgan fingerprint density at radius 2 is 1.96 bits per heavy atom. The van der Waals surface area contributed by atoms with Gasteiger partial charge in [0.2, 0.25) is 0 Å². The number of benzene rings is 1. The number of nitro benzene ring substituents is 1. The Balaban J connectivity index is 3.24. The summed E-state index contributed by atoms with van der Waals surface area (Å²) in [4.78, 5) is 33.2. The molecule has 1 aromatic carbocycles. The molecule has 0 heterocycles. The number of nitrogens with one attached hydrogen (secondary N) is 1. The standard InChI is InChI=1S/C15H20N2O7S/c1-4-10(3)16-15(19)11-6-7-13(12(8-11)17(20)21)25(22,23)9-14(18)24-5-2/h6-8,10H,4-5,9H2,1-3H3,(H,16,19). The minimum Gasteiger partial charge on any atom is -0.465 e. The first-order valence-electron chi connectivity index (χ1n) is 7.60. The summed E-state index contributed by atoms with van der Waals surface area (Å²) in [5.74, 6) is -2.57. The average Bonchev–Trinajstić information content (AvgIpc) is 2.53. The zero-order valence-electron chi connectivity index (χ0n) is 14.1. The summed E-state index contributed by atoms with van der Waals surface area (Å²) in [6.07, 6.45) is 0.667. The zero-order chi connectivity index (χ0) is 19.2. The van der Waals surface area contributed by atoms with E-state index in [1.807, 2.05) is 6.92 Å². The molecule has 0 aliphatic carbocycles. The maximum Gasteiger partial charge on any atom is 0.321 e. The summed E-state index contributed by atoms with van der Waals surface area (Å²) in [5.41, 5.74) is -0.803. The maximum atomic E-state index is 12.2. The molecule has 1 atom stereocenters. The predicted molar refractivity (Wildman–Crippen MR) is 89.0 cm³/mol. The first-order valence-corrected chi connectivity index (χ1v) is 9.25. The van der Waals surface area contributed by atoms with Crippen LogP contribution in [0.1, 0.15) is 37.6 Å². The molecular weight excluding hydrogens is 352 g/mol. The molecule has 0 bridgehead atoms. The third kappa shape index (κ3) is 5.52. The van der Waals surface area contributed by atoms with Crippen LogP contribution in [-0.4, -0.2) is 43.6 Å². The second kappa shape index (κ2) is 8.56. The monoisotopic (exact) mass is 372 g/mol. The van der Waals surface area contributed by atoms with Crippen LogP contribution in [0.25, 0.3) is 0 Å². The first kappa shape index (κ1) is 20.6. The number of hydrogen-bond donors (Lipinski definition) is 1. The highest BCUT2D eigenvalue weighted by atomic mass is 32.2. The Kier molecular flexibility index (Phi) is 7.04. The second-order valence-electron chi connectivity index (χ2n) is 5.29. The quantitative estimate of drug-likeness (QED) is 0.415. The van der Waals surface area contributed by atoms with Gasteiger partial charge in [-0.2, -0.15) is 0 Å². The van der Waals surface area contributed by atoms with E-state index in [9.17, 15) is 28.1 Å². The van der Waals surface area contributed by atoms with E-state index < -0.39 is 43.0 Å². The van der Waals surface area contributed by atoms with Crippen molar-refractivity contribution in [1.29, 1.82) is 0 Å². The van der Waals surface area contributed by atoms with Crippen LogP contribution >= 0.6 is 0 Å². The van der Waals surface area contributed by atoms with Gasteiger partial charge in [-0.25, -0.2) is 8.42 Å². The van der Waals surface area contributed by atoms with Crippen molar-refractivity contribution in [2.24, 2.45) is 0 Å². The summed E-state index contributed by atoms with van der Waals surface area (Å²) in [6.45, 7) is 5.13. The summed E-state index contributed by atoms with van der Waals surface area (Å²) in [5, 5.41) is 13.9. The molecule has 0 aliphatic heterocycles. The highest BCUT2D eigenvalue weighted by Crippen LogP contribution is 2.26. The van der Waals surface area contributed by atoms with Crippen LogP contribution in [0, 0.1) is 10.1 Å². The van der Waals surface area contributed by atoms with Crippen LogP contribution in [0.2, 0.25) is 0 Å². The third-order valence-corrected chi connectivity index (χ3v) is 4.99.